The molecule has 4 heterocycles. The number of likely N-dealkylation sites (tertiary alicyclic amines) is 1. The van der Waals surface area contributed by atoms with Gasteiger partial charge in [-0.1, -0.05) is 20.3 Å². The molecular formula is C23H32N4O3. The fourth-order valence-corrected chi connectivity index (χ4v) is 4.68. The van der Waals surface area contributed by atoms with Gasteiger partial charge in [0.1, 0.15) is 5.65 Å². The third kappa shape index (κ3) is 3.84. The molecule has 0 amide bonds. The second-order valence-electron chi connectivity index (χ2n) is 9.27. The Morgan fingerprint density at radius 1 is 1.27 bits per heavy atom. The number of H-pyrrole nitrogens is 1. The molecule has 1 fully saturated rings. The van der Waals surface area contributed by atoms with Crippen LogP contribution in [-0.2, 0) is 14.9 Å². The molecule has 1 saturated heterocycles. The van der Waals surface area contributed by atoms with Crippen molar-refractivity contribution < 1.29 is 14.6 Å². The topological polar surface area (TPSA) is 81.7 Å². The average molecular weight is 413 g/mol. The van der Waals surface area contributed by atoms with Gasteiger partial charge in [-0.15, -0.1) is 0 Å². The number of aliphatic hydroxyl groups excluding tert-OH is 1. The van der Waals surface area contributed by atoms with Crippen molar-refractivity contribution in [1.29, 1.82) is 0 Å². The highest BCUT2D eigenvalue weighted by atomic mass is 16.5. The highest BCUT2D eigenvalue weighted by molar-refractivity contribution is 6.17. The molecule has 1 atom stereocenters. The smallest absolute Gasteiger partial charge is 0.342 e. The van der Waals surface area contributed by atoms with Crippen molar-refractivity contribution in [2.45, 2.75) is 64.8 Å². The number of carbonyl (C=O) groups is 1. The normalized spacial score (nSPS) is 20.6. The molecule has 30 heavy (non-hydrogen) atoms. The highest BCUT2D eigenvalue weighted by Gasteiger charge is 2.38. The molecule has 2 aromatic rings. The fourth-order valence-electron chi connectivity index (χ4n) is 4.68. The largest absolute Gasteiger partial charge is 0.459 e. The standard InChI is InChI=1S/C23H32N4O3/c1-15(2)30-21(28)17-13-27(22(29)26-11-6-5-7-12-26)14-23(3,4)18-16-9-8-10-24-20(16)25-19(17)18/h8-10,13,15,22,29H,5-7,11-12,14H2,1-4H3,(H,24,25). The van der Waals surface area contributed by atoms with Gasteiger partial charge in [-0.25, -0.2) is 9.78 Å². The summed E-state index contributed by atoms with van der Waals surface area (Å²) in [6.45, 7) is 10.3. The van der Waals surface area contributed by atoms with Gasteiger partial charge in [0, 0.05) is 42.8 Å². The molecule has 0 radical (unpaired) electrons. The molecule has 1 unspecified atom stereocenters. The van der Waals surface area contributed by atoms with Gasteiger partial charge >= 0.3 is 5.97 Å². The summed E-state index contributed by atoms with van der Waals surface area (Å²) in [5, 5.41) is 12.2. The van der Waals surface area contributed by atoms with Crippen LogP contribution in [0.25, 0.3) is 16.6 Å². The number of nitrogens with zero attached hydrogens (tertiary/aromatic N) is 3. The summed E-state index contributed by atoms with van der Waals surface area (Å²) in [6, 6.07) is 3.94. The van der Waals surface area contributed by atoms with Crippen LogP contribution in [0.15, 0.2) is 24.5 Å². The summed E-state index contributed by atoms with van der Waals surface area (Å²) in [5.41, 5.74) is 2.62. The number of aromatic amines is 1. The lowest BCUT2D eigenvalue weighted by atomic mass is 9.82. The number of carbonyl (C=O) groups excluding carboxylic acids is 1. The molecule has 0 bridgehead atoms. The molecule has 0 aromatic carbocycles. The molecule has 7 heteroatoms. The van der Waals surface area contributed by atoms with Gasteiger partial charge in [0.2, 0.25) is 0 Å². The maximum atomic E-state index is 13.1. The first-order valence-corrected chi connectivity index (χ1v) is 10.9. The number of piperidine rings is 1. The summed E-state index contributed by atoms with van der Waals surface area (Å²) in [4.78, 5) is 24.9. The second-order valence-corrected chi connectivity index (χ2v) is 9.27. The summed E-state index contributed by atoms with van der Waals surface area (Å²) in [7, 11) is 0. The number of esters is 1. The monoisotopic (exact) mass is 412 g/mol. The van der Waals surface area contributed by atoms with E-state index in [1.165, 1.54) is 6.42 Å². The summed E-state index contributed by atoms with van der Waals surface area (Å²) < 4.78 is 5.57. The Labute approximate surface area is 177 Å². The molecule has 0 spiro atoms. The zero-order valence-electron chi connectivity index (χ0n) is 18.3. The minimum Gasteiger partial charge on any atom is -0.459 e. The van der Waals surface area contributed by atoms with E-state index in [1.807, 2.05) is 30.9 Å². The molecule has 2 aromatic heterocycles. The molecule has 162 valence electrons. The third-order valence-electron chi connectivity index (χ3n) is 5.97. The molecule has 2 aliphatic rings. The first-order chi connectivity index (χ1) is 14.3. The van der Waals surface area contributed by atoms with Crippen molar-refractivity contribution in [2.24, 2.45) is 0 Å². The number of aliphatic hydroxyl groups is 1. The van der Waals surface area contributed by atoms with Crippen LogP contribution in [0.3, 0.4) is 0 Å². The molecule has 7 nitrogen and oxygen atoms in total. The SMILES string of the molecule is CC(C)OC(=O)C1=CN(C(O)N2CCCCC2)CC(C)(C)c2c1[nH]c1ncccc21. The average Bonchev–Trinajstić information content (AvgIpc) is 3.05. The van der Waals surface area contributed by atoms with Gasteiger partial charge in [-0.05, 0) is 44.4 Å². The van der Waals surface area contributed by atoms with E-state index in [0.717, 1.165) is 48.2 Å². The fraction of sp³-hybridized carbons (Fsp3) is 0.565. The number of rotatable bonds is 4. The van der Waals surface area contributed by atoms with Crippen molar-refractivity contribution in [3.05, 3.63) is 35.8 Å². The van der Waals surface area contributed by atoms with E-state index in [0.29, 0.717) is 12.1 Å². The van der Waals surface area contributed by atoms with E-state index < -0.39 is 12.3 Å². The maximum absolute atomic E-state index is 13.1. The van der Waals surface area contributed by atoms with Crippen LogP contribution < -0.4 is 0 Å². The summed E-state index contributed by atoms with van der Waals surface area (Å²) in [6.07, 6.45) is 5.85. The second kappa shape index (κ2) is 8.04. The van der Waals surface area contributed by atoms with Crippen LogP contribution in [0.1, 0.15) is 58.2 Å². The Kier molecular flexibility index (Phi) is 5.59. The maximum Gasteiger partial charge on any atom is 0.342 e. The predicted octanol–water partition coefficient (Wildman–Crippen LogP) is 3.21. The van der Waals surface area contributed by atoms with Crippen molar-refractivity contribution in [3.63, 3.8) is 0 Å². The molecule has 0 aliphatic carbocycles. The van der Waals surface area contributed by atoms with Crippen LogP contribution in [0, 0.1) is 0 Å². The van der Waals surface area contributed by atoms with E-state index in [9.17, 15) is 9.90 Å². The Morgan fingerprint density at radius 2 is 2.00 bits per heavy atom. The number of nitrogens with one attached hydrogen (secondary N) is 1. The highest BCUT2D eigenvalue weighted by Crippen LogP contribution is 2.40. The number of hydrogen-bond donors (Lipinski definition) is 2. The Morgan fingerprint density at radius 3 is 2.70 bits per heavy atom. The van der Waals surface area contributed by atoms with Gasteiger partial charge in [-0.3, -0.25) is 4.90 Å². The van der Waals surface area contributed by atoms with Gasteiger partial charge in [0.15, 0.2) is 6.35 Å². The number of fused-ring (bicyclic) bond motifs is 3. The number of ether oxygens (including phenoxy) is 1. The van der Waals surface area contributed by atoms with E-state index in [1.54, 1.807) is 12.4 Å². The zero-order valence-corrected chi connectivity index (χ0v) is 18.3. The minimum atomic E-state index is -0.778. The van der Waals surface area contributed by atoms with Gasteiger partial charge in [0.25, 0.3) is 0 Å². The molecule has 4 rings (SSSR count). The Balaban J connectivity index is 1.83. The summed E-state index contributed by atoms with van der Waals surface area (Å²) >= 11 is 0. The number of hydrogen-bond acceptors (Lipinski definition) is 6. The lowest BCUT2D eigenvalue weighted by molar-refractivity contribution is -0.140. The Hall–Kier alpha value is -2.38. The van der Waals surface area contributed by atoms with Crippen LogP contribution in [0.4, 0.5) is 0 Å². The van der Waals surface area contributed by atoms with Crippen molar-refractivity contribution in [2.75, 3.05) is 19.6 Å². The van der Waals surface area contributed by atoms with Crippen LogP contribution in [-0.4, -0.2) is 62.9 Å². The van der Waals surface area contributed by atoms with E-state index in [4.69, 9.17) is 4.74 Å². The number of pyridine rings is 1. The van der Waals surface area contributed by atoms with Crippen molar-refractivity contribution >= 4 is 22.6 Å². The number of aromatic nitrogens is 2. The quantitative estimate of drug-likeness (QED) is 0.751. The molecule has 0 saturated carbocycles. The minimum absolute atomic E-state index is 0.235. The summed E-state index contributed by atoms with van der Waals surface area (Å²) in [5.74, 6) is -0.397. The van der Waals surface area contributed by atoms with Gasteiger partial charge in [0.05, 0.1) is 17.4 Å². The zero-order chi connectivity index (χ0) is 21.5. The first-order valence-electron chi connectivity index (χ1n) is 10.9. The van der Waals surface area contributed by atoms with E-state index in [2.05, 4.69) is 28.7 Å². The van der Waals surface area contributed by atoms with Crippen LogP contribution >= 0.6 is 0 Å². The lowest BCUT2D eigenvalue weighted by Crippen LogP contribution is -2.51. The lowest BCUT2D eigenvalue weighted by Gasteiger charge is -2.40. The molecular weight excluding hydrogens is 380 g/mol. The van der Waals surface area contributed by atoms with Gasteiger partial charge in [-0.2, -0.15) is 0 Å². The van der Waals surface area contributed by atoms with E-state index in [-0.39, 0.29) is 11.5 Å². The first kappa shape index (κ1) is 20.9. The molecule has 2 N–H and O–H groups in total. The van der Waals surface area contributed by atoms with E-state index >= 15 is 0 Å². The molecule has 2 aliphatic heterocycles. The van der Waals surface area contributed by atoms with Gasteiger partial charge < -0.3 is 19.7 Å². The van der Waals surface area contributed by atoms with Crippen LogP contribution in [0.5, 0.6) is 0 Å². The van der Waals surface area contributed by atoms with Crippen molar-refractivity contribution in [1.82, 2.24) is 19.8 Å². The van der Waals surface area contributed by atoms with Crippen molar-refractivity contribution in [3.8, 4) is 0 Å². The Bertz CT molecular complexity index is 957. The van der Waals surface area contributed by atoms with Crippen LogP contribution in [0.2, 0.25) is 0 Å². The third-order valence-corrected chi connectivity index (χ3v) is 5.97. The predicted molar refractivity (Wildman–Crippen MR) is 116 cm³/mol.